The van der Waals surface area contributed by atoms with Crippen molar-refractivity contribution >= 4 is 0 Å². The zero-order chi connectivity index (χ0) is 25.6. The highest BCUT2D eigenvalue weighted by atomic mass is 16.8. The molecule has 0 bridgehead atoms. The van der Waals surface area contributed by atoms with E-state index in [2.05, 4.69) is 0 Å². The second kappa shape index (κ2) is 11.6. The molecule has 6 atom stereocenters. The molecule has 1 saturated heterocycles. The lowest BCUT2D eigenvalue weighted by Crippen LogP contribution is -2.65. The lowest BCUT2D eigenvalue weighted by molar-refractivity contribution is -0.404. The first-order valence-electron chi connectivity index (χ1n) is 11.5. The van der Waals surface area contributed by atoms with Crippen molar-refractivity contribution in [3.63, 3.8) is 0 Å². The third-order valence-corrected chi connectivity index (χ3v) is 5.95. The molecule has 192 valence electrons. The van der Waals surface area contributed by atoms with Crippen molar-refractivity contribution < 1.29 is 44.5 Å². The van der Waals surface area contributed by atoms with Crippen LogP contribution in [0, 0.1) is 0 Å². The zero-order valence-electron chi connectivity index (χ0n) is 19.5. The van der Waals surface area contributed by atoms with E-state index in [1.807, 2.05) is 6.07 Å². The molecule has 3 unspecified atom stereocenters. The van der Waals surface area contributed by atoms with Crippen LogP contribution in [-0.2, 0) is 38.8 Å². The lowest BCUT2D eigenvalue weighted by atomic mass is 9.97. The Bertz CT molecular complexity index is 1070. The Morgan fingerprint density at radius 1 is 0.778 bits per heavy atom. The van der Waals surface area contributed by atoms with E-state index in [9.17, 15) is 25.5 Å². The second-order valence-electron chi connectivity index (χ2n) is 8.55. The van der Waals surface area contributed by atoms with Gasteiger partial charge in [-0.1, -0.05) is 91.0 Å². The number of hydrogen-bond donors (Lipinski definition) is 5. The van der Waals surface area contributed by atoms with Crippen LogP contribution in [0.25, 0.3) is 0 Å². The molecule has 1 fully saturated rings. The summed E-state index contributed by atoms with van der Waals surface area (Å²) in [5.41, 5.74) is 1.98. The van der Waals surface area contributed by atoms with Crippen LogP contribution in [0.3, 0.4) is 0 Å². The maximum absolute atomic E-state index is 11.6. The number of ether oxygens (including phenoxy) is 4. The van der Waals surface area contributed by atoms with E-state index in [1.165, 1.54) is 0 Å². The van der Waals surface area contributed by atoms with E-state index in [-0.39, 0.29) is 19.8 Å². The normalized spacial score (nSPS) is 26.4. The first kappa shape index (κ1) is 26.4. The number of benzene rings is 3. The molecular formula is C27H30O9. The first-order chi connectivity index (χ1) is 17.3. The van der Waals surface area contributed by atoms with Gasteiger partial charge < -0.3 is 44.5 Å². The van der Waals surface area contributed by atoms with E-state index in [0.717, 1.165) is 0 Å². The minimum absolute atomic E-state index is 0.111. The summed E-state index contributed by atoms with van der Waals surface area (Å²) in [6.45, 7) is -0.527. The van der Waals surface area contributed by atoms with Crippen molar-refractivity contribution in [3.05, 3.63) is 108 Å². The number of aliphatic hydroxyl groups excluding tert-OH is 3. The van der Waals surface area contributed by atoms with E-state index in [0.29, 0.717) is 16.7 Å². The summed E-state index contributed by atoms with van der Waals surface area (Å²) < 4.78 is 22.1. The molecule has 1 aliphatic rings. The summed E-state index contributed by atoms with van der Waals surface area (Å²) in [6.07, 6.45) is -7.97. The third-order valence-electron chi connectivity index (χ3n) is 5.95. The molecule has 0 aromatic heterocycles. The van der Waals surface area contributed by atoms with Gasteiger partial charge in [0.25, 0.3) is 5.79 Å². The quantitative estimate of drug-likeness (QED) is 0.248. The van der Waals surface area contributed by atoms with Gasteiger partial charge in [0, 0.05) is 0 Å². The average Bonchev–Trinajstić information content (AvgIpc) is 3.15. The van der Waals surface area contributed by atoms with Crippen LogP contribution < -0.4 is 0 Å². The Labute approximate surface area is 208 Å². The summed E-state index contributed by atoms with van der Waals surface area (Å²) in [7, 11) is 0. The van der Waals surface area contributed by atoms with Crippen LogP contribution >= 0.6 is 0 Å². The summed E-state index contributed by atoms with van der Waals surface area (Å²) in [4.78, 5) is 0. The summed E-state index contributed by atoms with van der Waals surface area (Å²) in [5.74, 6) is -5.44. The Hall–Kier alpha value is -2.70. The Kier molecular flexibility index (Phi) is 8.47. The zero-order valence-corrected chi connectivity index (χ0v) is 19.5. The number of aliphatic hydroxyl groups is 5. The Morgan fingerprint density at radius 3 is 1.78 bits per heavy atom. The van der Waals surface area contributed by atoms with Crippen LogP contribution in [0.5, 0.6) is 0 Å². The highest BCUT2D eigenvalue weighted by Gasteiger charge is 2.67. The van der Waals surface area contributed by atoms with Crippen molar-refractivity contribution in [2.45, 2.75) is 56.2 Å². The predicted molar refractivity (Wildman–Crippen MR) is 126 cm³/mol. The van der Waals surface area contributed by atoms with Gasteiger partial charge in [0.1, 0.15) is 0 Å². The number of rotatable bonds is 11. The first-order valence-corrected chi connectivity index (χ1v) is 11.5. The van der Waals surface area contributed by atoms with Crippen LogP contribution in [0.1, 0.15) is 16.7 Å². The lowest BCUT2D eigenvalue weighted by Gasteiger charge is -2.42. The fraction of sp³-hybridized carbons (Fsp3) is 0.333. The van der Waals surface area contributed by atoms with E-state index in [4.69, 9.17) is 18.9 Å². The molecular weight excluding hydrogens is 468 g/mol. The minimum Gasteiger partial charge on any atom is -0.382 e. The van der Waals surface area contributed by atoms with Gasteiger partial charge in [-0.05, 0) is 16.7 Å². The van der Waals surface area contributed by atoms with Gasteiger partial charge in [-0.25, -0.2) is 0 Å². The summed E-state index contributed by atoms with van der Waals surface area (Å²) >= 11 is 0. The Balaban J connectivity index is 1.60. The third kappa shape index (κ3) is 5.81. The molecule has 0 saturated carbocycles. The molecule has 0 radical (unpaired) electrons. The summed E-state index contributed by atoms with van der Waals surface area (Å²) in [5, 5.41) is 54.7. The molecule has 4 rings (SSSR count). The molecule has 36 heavy (non-hydrogen) atoms. The number of hydrogen-bond acceptors (Lipinski definition) is 9. The van der Waals surface area contributed by atoms with Gasteiger partial charge >= 0.3 is 0 Å². The molecule has 0 aliphatic carbocycles. The fourth-order valence-electron chi connectivity index (χ4n) is 3.92. The molecule has 0 spiro atoms. The highest BCUT2D eigenvalue weighted by Crippen LogP contribution is 2.41. The maximum Gasteiger partial charge on any atom is 0.251 e. The highest BCUT2D eigenvalue weighted by molar-refractivity contribution is 5.16. The van der Waals surface area contributed by atoms with Crippen molar-refractivity contribution in [2.24, 2.45) is 0 Å². The average molecular weight is 499 g/mol. The monoisotopic (exact) mass is 498 g/mol. The maximum atomic E-state index is 11.6. The van der Waals surface area contributed by atoms with Gasteiger partial charge in [0.2, 0.25) is 12.1 Å². The van der Waals surface area contributed by atoms with Gasteiger partial charge in [-0.3, -0.25) is 0 Å². The van der Waals surface area contributed by atoms with E-state index >= 15 is 0 Å². The standard InChI is InChI=1S/C27H30O9/c28-22-23(29)36-24(26(22,31)34-17-20-12-6-2-7-13-20)27(32,35-18-21-14-8-3-9-15-21)25(30)33-16-19-10-4-1-5-11-19/h1-15,22-25,28-32H,16-18H2/t22-,23?,24-,25?,26-,27?/m0/s1. The second-order valence-corrected chi connectivity index (χ2v) is 8.55. The van der Waals surface area contributed by atoms with Gasteiger partial charge in [0.05, 0.1) is 19.8 Å². The predicted octanol–water partition coefficient (Wildman–Crippen LogP) is 1.41. The van der Waals surface area contributed by atoms with Crippen LogP contribution in [0.2, 0.25) is 0 Å². The molecule has 3 aromatic rings. The van der Waals surface area contributed by atoms with E-state index < -0.39 is 36.4 Å². The van der Waals surface area contributed by atoms with Crippen LogP contribution in [-0.4, -0.2) is 61.9 Å². The largest absolute Gasteiger partial charge is 0.382 e. The van der Waals surface area contributed by atoms with Crippen LogP contribution in [0.15, 0.2) is 91.0 Å². The topological polar surface area (TPSA) is 138 Å². The smallest absolute Gasteiger partial charge is 0.251 e. The van der Waals surface area contributed by atoms with Crippen molar-refractivity contribution in [2.75, 3.05) is 0 Å². The van der Waals surface area contributed by atoms with Gasteiger partial charge in [-0.15, -0.1) is 0 Å². The fourth-order valence-corrected chi connectivity index (χ4v) is 3.92. The molecule has 1 aliphatic heterocycles. The van der Waals surface area contributed by atoms with Crippen molar-refractivity contribution in [1.82, 2.24) is 0 Å². The van der Waals surface area contributed by atoms with Gasteiger partial charge in [-0.2, -0.15) is 0 Å². The van der Waals surface area contributed by atoms with Crippen LogP contribution in [0.4, 0.5) is 0 Å². The molecule has 0 amide bonds. The van der Waals surface area contributed by atoms with E-state index in [1.54, 1.807) is 84.9 Å². The molecule has 5 N–H and O–H groups in total. The van der Waals surface area contributed by atoms with Crippen molar-refractivity contribution in [1.29, 1.82) is 0 Å². The minimum atomic E-state index is -2.77. The Morgan fingerprint density at radius 2 is 1.25 bits per heavy atom. The molecule has 3 aromatic carbocycles. The summed E-state index contributed by atoms with van der Waals surface area (Å²) in [6, 6.07) is 26.5. The SMILES string of the molecule is OC1O[C@H](C(O)(OCc2ccccc2)C(O)OCc2ccccc2)[C@@](O)(OCc2ccccc2)[C@H]1O. The van der Waals surface area contributed by atoms with Crippen molar-refractivity contribution in [3.8, 4) is 0 Å². The molecule has 1 heterocycles. The van der Waals surface area contributed by atoms with Gasteiger partial charge in [0.15, 0.2) is 18.5 Å². The molecule has 9 heteroatoms. The molecule has 9 nitrogen and oxygen atoms in total.